The topological polar surface area (TPSA) is 53.5 Å². The van der Waals surface area contributed by atoms with E-state index in [1.165, 1.54) is 5.56 Å². The van der Waals surface area contributed by atoms with Crippen molar-refractivity contribution in [2.24, 2.45) is 0 Å². The molecular formula is C15H23N3O2S. The van der Waals surface area contributed by atoms with E-state index in [0.717, 1.165) is 31.4 Å². The minimum absolute atomic E-state index is 0.226. The molecule has 1 aromatic heterocycles. The molecule has 1 atom stereocenters. The van der Waals surface area contributed by atoms with Crippen molar-refractivity contribution >= 4 is 10.2 Å². The maximum Gasteiger partial charge on any atom is 0.281 e. The average molecular weight is 309 g/mol. The van der Waals surface area contributed by atoms with Crippen LogP contribution in [0.4, 0.5) is 0 Å². The molecule has 21 heavy (non-hydrogen) atoms. The van der Waals surface area contributed by atoms with E-state index in [1.54, 1.807) is 8.61 Å². The summed E-state index contributed by atoms with van der Waals surface area (Å²) in [7, 11) is -3.27. The first kappa shape index (κ1) is 14.9. The third kappa shape index (κ3) is 3.12. The van der Waals surface area contributed by atoms with Gasteiger partial charge in [-0.15, -0.1) is 0 Å². The predicted octanol–water partition coefficient (Wildman–Crippen LogP) is 1.91. The van der Waals surface area contributed by atoms with Gasteiger partial charge in [-0.1, -0.05) is 6.42 Å². The van der Waals surface area contributed by atoms with Crippen molar-refractivity contribution < 1.29 is 8.42 Å². The summed E-state index contributed by atoms with van der Waals surface area (Å²) in [6, 6.07) is 4.04. The lowest BCUT2D eigenvalue weighted by molar-refractivity contribution is 0.315. The summed E-state index contributed by atoms with van der Waals surface area (Å²) in [4.78, 5) is 4.42. The Balaban J connectivity index is 1.71. The number of hydrogen-bond donors (Lipinski definition) is 0. The Hall–Kier alpha value is -0.980. The maximum absolute atomic E-state index is 12.7. The second-order valence-electron chi connectivity index (χ2n) is 6.07. The SMILES string of the molecule is Cc1ccnc(C2CCN(S(=O)(=O)N3CCCCC3)C2)c1. The summed E-state index contributed by atoms with van der Waals surface area (Å²) < 4.78 is 28.6. The van der Waals surface area contributed by atoms with Crippen molar-refractivity contribution in [1.29, 1.82) is 0 Å². The number of hydrogen-bond acceptors (Lipinski definition) is 3. The highest BCUT2D eigenvalue weighted by Gasteiger charge is 2.36. The van der Waals surface area contributed by atoms with Gasteiger partial charge in [0.15, 0.2) is 0 Å². The average Bonchev–Trinajstić information content (AvgIpc) is 2.99. The van der Waals surface area contributed by atoms with Crippen LogP contribution in [-0.2, 0) is 10.2 Å². The Morgan fingerprint density at radius 1 is 1.14 bits per heavy atom. The molecule has 0 saturated carbocycles. The van der Waals surface area contributed by atoms with Gasteiger partial charge in [0.2, 0.25) is 0 Å². The van der Waals surface area contributed by atoms with Gasteiger partial charge in [-0.2, -0.15) is 17.0 Å². The van der Waals surface area contributed by atoms with Gasteiger partial charge < -0.3 is 0 Å². The van der Waals surface area contributed by atoms with Crippen molar-refractivity contribution in [3.63, 3.8) is 0 Å². The largest absolute Gasteiger partial charge is 0.281 e. The van der Waals surface area contributed by atoms with Gasteiger partial charge in [0.1, 0.15) is 0 Å². The number of piperidine rings is 1. The highest BCUT2D eigenvalue weighted by Crippen LogP contribution is 2.29. The van der Waals surface area contributed by atoms with Crippen LogP contribution >= 0.6 is 0 Å². The molecule has 0 aromatic carbocycles. The van der Waals surface area contributed by atoms with Crippen LogP contribution in [0.5, 0.6) is 0 Å². The minimum atomic E-state index is -3.27. The summed E-state index contributed by atoms with van der Waals surface area (Å²) in [6.07, 6.45) is 5.78. The molecule has 0 radical (unpaired) electrons. The molecule has 5 nitrogen and oxygen atoms in total. The number of aryl methyl sites for hydroxylation is 1. The van der Waals surface area contributed by atoms with Crippen LogP contribution in [0.3, 0.4) is 0 Å². The van der Waals surface area contributed by atoms with Gasteiger partial charge in [0, 0.05) is 44.0 Å². The van der Waals surface area contributed by atoms with Crippen molar-refractivity contribution in [3.05, 3.63) is 29.6 Å². The Morgan fingerprint density at radius 2 is 1.90 bits per heavy atom. The van der Waals surface area contributed by atoms with E-state index in [0.29, 0.717) is 26.2 Å². The molecule has 1 unspecified atom stereocenters. The van der Waals surface area contributed by atoms with Gasteiger partial charge in [-0.05, 0) is 43.9 Å². The van der Waals surface area contributed by atoms with Gasteiger partial charge in [0.25, 0.3) is 10.2 Å². The molecule has 3 rings (SSSR count). The van der Waals surface area contributed by atoms with Crippen LogP contribution < -0.4 is 0 Å². The number of pyridine rings is 1. The second kappa shape index (κ2) is 6.02. The molecule has 0 aliphatic carbocycles. The van der Waals surface area contributed by atoms with Gasteiger partial charge in [-0.25, -0.2) is 0 Å². The molecule has 116 valence electrons. The van der Waals surface area contributed by atoms with Crippen LogP contribution in [0.15, 0.2) is 18.3 Å². The van der Waals surface area contributed by atoms with E-state index in [-0.39, 0.29) is 5.92 Å². The molecule has 6 heteroatoms. The summed E-state index contributed by atoms with van der Waals surface area (Å²) in [5.74, 6) is 0.226. The third-order valence-electron chi connectivity index (χ3n) is 4.47. The van der Waals surface area contributed by atoms with Crippen molar-refractivity contribution in [1.82, 2.24) is 13.6 Å². The standard InChI is InChI=1S/C15H23N3O2S/c1-13-5-7-16-15(11-13)14-6-10-18(12-14)21(19,20)17-8-3-2-4-9-17/h5,7,11,14H,2-4,6,8-10,12H2,1H3. The summed E-state index contributed by atoms with van der Waals surface area (Å²) >= 11 is 0. The van der Waals surface area contributed by atoms with Gasteiger partial charge >= 0.3 is 0 Å². The van der Waals surface area contributed by atoms with Crippen molar-refractivity contribution in [2.75, 3.05) is 26.2 Å². The van der Waals surface area contributed by atoms with E-state index in [2.05, 4.69) is 11.1 Å². The first-order valence-electron chi connectivity index (χ1n) is 7.75. The number of nitrogens with zero attached hydrogens (tertiary/aromatic N) is 3. The third-order valence-corrected chi connectivity index (χ3v) is 6.48. The van der Waals surface area contributed by atoms with E-state index in [1.807, 2.05) is 19.2 Å². The Morgan fingerprint density at radius 3 is 2.62 bits per heavy atom. The molecule has 2 aliphatic heterocycles. The van der Waals surface area contributed by atoms with Crippen molar-refractivity contribution in [3.8, 4) is 0 Å². The quantitative estimate of drug-likeness (QED) is 0.857. The fraction of sp³-hybridized carbons (Fsp3) is 0.667. The first-order valence-corrected chi connectivity index (χ1v) is 9.15. The molecule has 0 N–H and O–H groups in total. The van der Waals surface area contributed by atoms with Gasteiger partial charge in [-0.3, -0.25) is 4.98 Å². The predicted molar refractivity (Wildman–Crippen MR) is 82.2 cm³/mol. The monoisotopic (exact) mass is 309 g/mol. The number of rotatable bonds is 3. The highest BCUT2D eigenvalue weighted by atomic mass is 32.2. The Labute approximate surface area is 127 Å². The maximum atomic E-state index is 12.7. The molecule has 2 fully saturated rings. The zero-order chi connectivity index (χ0) is 14.9. The Kier molecular flexibility index (Phi) is 4.28. The van der Waals surface area contributed by atoms with E-state index < -0.39 is 10.2 Å². The van der Waals surface area contributed by atoms with Crippen LogP contribution in [0, 0.1) is 6.92 Å². The molecule has 0 amide bonds. The minimum Gasteiger partial charge on any atom is -0.261 e. The lowest BCUT2D eigenvalue weighted by atomic mass is 10.0. The van der Waals surface area contributed by atoms with Crippen LogP contribution in [0.2, 0.25) is 0 Å². The highest BCUT2D eigenvalue weighted by molar-refractivity contribution is 7.86. The van der Waals surface area contributed by atoms with Crippen LogP contribution in [0.1, 0.15) is 42.9 Å². The molecular weight excluding hydrogens is 286 g/mol. The summed E-state index contributed by atoms with van der Waals surface area (Å²) in [5.41, 5.74) is 2.20. The normalized spacial score (nSPS) is 25.3. The van der Waals surface area contributed by atoms with Crippen molar-refractivity contribution in [2.45, 2.75) is 38.5 Å². The summed E-state index contributed by atoms with van der Waals surface area (Å²) in [6.45, 7) is 4.56. The van der Waals surface area contributed by atoms with Crippen LogP contribution in [0.25, 0.3) is 0 Å². The molecule has 2 aliphatic rings. The number of aromatic nitrogens is 1. The molecule has 0 spiro atoms. The summed E-state index contributed by atoms with van der Waals surface area (Å²) in [5, 5.41) is 0. The fourth-order valence-electron chi connectivity index (χ4n) is 3.22. The van der Waals surface area contributed by atoms with E-state index in [9.17, 15) is 8.42 Å². The lowest BCUT2D eigenvalue weighted by Gasteiger charge is -2.30. The first-order chi connectivity index (χ1) is 10.1. The van der Waals surface area contributed by atoms with Crippen LogP contribution in [-0.4, -0.2) is 48.2 Å². The zero-order valence-electron chi connectivity index (χ0n) is 12.5. The smallest absolute Gasteiger partial charge is 0.261 e. The molecule has 1 aromatic rings. The molecule has 2 saturated heterocycles. The van der Waals surface area contributed by atoms with E-state index in [4.69, 9.17) is 0 Å². The molecule has 0 bridgehead atoms. The van der Waals surface area contributed by atoms with E-state index >= 15 is 0 Å². The van der Waals surface area contributed by atoms with Gasteiger partial charge in [0.05, 0.1) is 0 Å². The Bertz CT molecular complexity index is 597. The molecule has 3 heterocycles. The lowest BCUT2D eigenvalue weighted by Crippen LogP contribution is -2.45. The second-order valence-corrected chi connectivity index (χ2v) is 8.00. The fourth-order valence-corrected chi connectivity index (χ4v) is 4.97. The zero-order valence-corrected chi connectivity index (χ0v) is 13.3.